The van der Waals surface area contributed by atoms with Crippen LogP contribution in [-0.4, -0.2) is 11.8 Å². The van der Waals surface area contributed by atoms with Crippen molar-refractivity contribution in [2.75, 3.05) is 10.6 Å². The van der Waals surface area contributed by atoms with Crippen molar-refractivity contribution in [3.05, 3.63) is 24.3 Å². The summed E-state index contributed by atoms with van der Waals surface area (Å²) < 4.78 is 0. The van der Waals surface area contributed by atoms with Gasteiger partial charge >= 0.3 is 0 Å². The maximum atomic E-state index is 12.1. The summed E-state index contributed by atoms with van der Waals surface area (Å²) in [6.45, 7) is 6.30. The second kappa shape index (κ2) is 16.0. The van der Waals surface area contributed by atoms with Crippen LogP contribution < -0.4 is 10.6 Å². The van der Waals surface area contributed by atoms with Crippen LogP contribution in [0.3, 0.4) is 0 Å². The number of hydrogen-bond acceptors (Lipinski definition) is 2. The van der Waals surface area contributed by atoms with Gasteiger partial charge < -0.3 is 10.6 Å². The molecule has 1 aromatic carbocycles. The second-order valence-corrected chi connectivity index (χ2v) is 8.56. The lowest BCUT2D eigenvalue weighted by Crippen LogP contribution is -2.14. The van der Waals surface area contributed by atoms with Gasteiger partial charge in [0.2, 0.25) is 11.8 Å². The molecule has 0 aromatic heterocycles. The number of carbonyl (C=O) groups excluding carboxylic acids is 2. The Hall–Kier alpha value is -1.84. The first kappa shape index (κ1) is 25.2. The SMILES string of the molecule is CCCCCCCCCCCCCC(=O)Nc1ccc(NC(=O)CC(C)C)cc1. The van der Waals surface area contributed by atoms with Gasteiger partial charge in [-0.2, -0.15) is 0 Å². The molecule has 0 radical (unpaired) electrons. The molecule has 2 amide bonds. The van der Waals surface area contributed by atoms with E-state index >= 15 is 0 Å². The summed E-state index contributed by atoms with van der Waals surface area (Å²) >= 11 is 0. The largest absolute Gasteiger partial charge is 0.326 e. The Morgan fingerprint density at radius 2 is 1.10 bits per heavy atom. The molecule has 0 fully saturated rings. The van der Waals surface area contributed by atoms with Crippen molar-refractivity contribution in [3.8, 4) is 0 Å². The van der Waals surface area contributed by atoms with Gasteiger partial charge in [-0.25, -0.2) is 0 Å². The molecule has 0 bridgehead atoms. The topological polar surface area (TPSA) is 58.2 Å². The predicted octanol–water partition coefficient (Wildman–Crippen LogP) is 7.31. The third-order valence-corrected chi connectivity index (χ3v) is 5.05. The molecule has 0 saturated heterocycles. The Morgan fingerprint density at radius 1 is 0.690 bits per heavy atom. The van der Waals surface area contributed by atoms with Crippen molar-refractivity contribution in [2.45, 2.75) is 104 Å². The third kappa shape index (κ3) is 13.9. The van der Waals surface area contributed by atoms with Gasteiger partial charge in [-0.1, -0.05) is 85.0 Å². The molecule has 0 aliphatic carbocycles. The van der Waals surface area contributed by atoms with Crippen molar-refractivity contribution in [3.63, 3.8) is 0 Å². The van der Waals surface area contributed by atoms with E-state index in [2.05, 4.69) is 17.6 Å². The number of amides is 2. The van der Waals surface area contributed by atoms with Crippen LogP contribution in [0.5, 0.6) is 0 Å². The Bertz CT molecular complexity index is 567. The van der Waals surface area contributed by atoms with Gasteiger partial charge in [-0.3, -0.25) is 9.59 Å². The van der Waals surface area contributed by atoms with E-state index in [9.17, 15) is 9.59 Å². The van der Waals surface area contributed by atoms with Gasteiger partial charge in [0, 0.05) is 24.2 Å². The molecule has 1 aromatic rings. The lowest BCUT2D eigenvalue weighted by atomic mass is 10.1. The van der Waals surface area contributed by atoms with E-state index in [4.69, 9.17) is 0 Å². The van der Waals surface area contributed by atoms with Crippen molar-refractivity contribution in [2.24, 2.45) is 5.92 Å². The number of anilines is 2. The summed E-state index contributed by atoms with van der Waals surface area (Å²) in [5.41, 5.74) is 1.54. The smallest absolute Gasteiger partial charge is 0.224 e. The van der Waals surface area contributed by atoms with Crippen molar-refractivity contribution in [1.29, 1.82) is 0 Å². The highest BCUT2D eigenvalue weighted by Gasteiger charge is 2.06. The molecule has 29 heavy (non-hydrogen) atoms. The first-order valence-electron chi connectivity index (χ1n) is 11.7. The highest BCUT2D eigenvalue weighted by molar-refractivity contribution is 5.92. The Morgan fingerprint density at radius 3 is 1.55 bits per heavy atom. The minimum absolute atomic E-state index is 0.0216. The number of nitrogens with one attached hydrogen (secondary N) is 2. The minimum atomic E-state index is 0.0216. The van der Waals surface area contributed by atoms with Crippen LogP contribution in [0.2, 0.25) is 0 Å². The van der Waals surface area contributed by atoms with Crippen molar-refractivity contribution in [1.82, 2.24) is 0 Å². The van der Waals surface area contributed by atoms with Crippen LogP contribution in [0.4, 0.5) is 11.4 Å². The van der Waals surface area contributed by atoms with Crippen LogP contribution in [-0.2, 0) is 9.59 Å². The van der Waals surface area contributed by atoms with E-state index in [0.717, 1.165) is 24.2 Å². The van der Waals surface area contributed by atoms with Gasteiger partial charge in [0.1, 0.15) is 0 Å². The monoisotopic (exact) mass is 402 g/mol. The molecular weight excluding hydrogens is 360 g/mol. The van der Waals surface area contributed by atoms with E-state index in [0.29, 0.717) is 18.8 Å². The molecule has 4 heteroatoms. The number of rotatable bonds is 16. The van der Waals surface area contributed by atoms with Crippen molar-refractivity contribution >= 4 is 23.2 Å². The zero-order valence-corrected chi connectivity index (χ0v) is 18.9. The first-order valence-corrected chi connectivity index (χ1v) is 11.7. The van der Waals surface area contributed by atoms with E-state index in [1.165, 1.54) is 57.8 Å². The quantitative estimate of drug-likeness (QED) is 0.285. The van der Waals surface area contributed by atoms with Crippen LogP contribution in [0, 0.1) is 5.92 Å². The molecule has 0 heterocycles. The number of unbranched alkanes of at least 4 members (excludes halogenated alkanes) is 10. The highest BCUT2D eigenvalue weighted by atomic mass is 16.2. The zero-order chi connectivity index (χ0) is 21.3. The van der Waals surface area contributed by atoms with Crippen LogP contribution >= 0.6 is 0 Å². The average molecular weight is 403 g/mol. The Balaban J connectivity index is 2.07. The second-order valence-electron chi connectivity index (χ2n) is 8.56. The fraction of sp³-hybridized carbons (Fsp3) is 0.680. The van der Waals surface area contributed by atoms with E-state index in [1.807, 2.05) is 38.1 Å². The summed E-state index contributed by atoms with van der Waals surface area (Å²) in [6, 6.07) is 7.33. The molecule has 164 valence electrons. The van der Waals surface area contributed by atoms with Gasteiger partial charge in [0.05, 0.1) is 0 Å². The maximum Gasteiger partial charge on any atom is 0.224 e. The molecule has 0 saturated carbocycles. The fourth-order valence-electron chi connectivity index (χ4n) is 3.39. The number of benzene rings is 1. The maximum absolute atomic E-state index is 12.1. The molecular formula is C25H42N2O2. The predicted molar refractivity (Wildman–Crippen MR) is 124 cm³/mol. The summed E-state index contributed by atoms with van der Waals surface area (Å²) in [4.78, 5) is 23.9. The fourth-order valence-corrected chi connectivity index (χ4v) is 3.39. The molecule has 0 aliphatic rings. The Labute approximate surface area is 178 Å². The molecule has 4 nitrogen and oxygen atoms in total. The molecule has 0 spiro atoms. The summed E-state index contributed by atoms with van der Waals surface area (Å²) in [5, 5.41) is 5.82. The van der Waals surface area contributed by atoms with Crippen LogP contribution in [0.1, 0.15) is 104 Å². The number of hydrogen-bond donors (Lipinski definition) is 2. The van der Waals surface area contributed by atoms with Crippen LogP contribution in [0.25, 0.3) is 0 Å². The summed E-state index contributed by atoms with van der Waals surface area (Å²) in [7, 11) is 0. The summed E-state index contributed by atoms with van der Waals surface area (Å²) in [6.07, 6.45) is 15.2. The zero-order valence-electron chi connectivity index (χ0n) is 18.9. The Kier molecular flexibility index (Phi) is 13.9. The van der Waals surface area contributed by atoms with Crippen molar-refractivity contribution < 1.29 is 9.59 Å². The van der Waals surface area contributed by atoms with Crippen LogP contribution in [0.15, 0.2) is 24.3 Å². The lowest BCUT2D eigenvalue weighted by molar-refractivity contribution is -0.117. The molecule has 0 unspecified atom stereocenters. The molecule has 2 N–H and O–H groups in total. The molecule has 0 aliphatic heterocycles. The van der Waals surface area contributed by atoms with E-state index < -0.39 is 0 Å². The van der Waals surface area contributed by atoms with Gasteiger partial charge in [0.15, 0.2) is 0 Å². The summed E-state index contributed by atoms with van der Waals surface area (Å²) in [5.74, 6) is 0.426. The highest BCUT2D eigenvalue weighted by Crippen LogP contribution is 2.16. The lowest BCUT2D eigenvalue weighted by Gasteiger charge is -2.09. The first-order chi connectivity index (χ1) is 14.0. The van der Waals surface area contributed by atoms with Gasteiger partial charge in [-0.05, 0) is 36.6 Å². The number of carbonyl (C=O) groups is 2. The average Bonchev–Trinajstić information content (AvgIpc) is 2.67. The van der Waals surface area contributed by atoms with E-state index in [-0.39, 0.29) is 11.8 Å². The van der Waals surface area contributed by atoms with Gasteiger partial charge in [-0.15, -0.1) is 0 Å². The molecule has 1 rings (SSSR count). The van der Waals surface area contributed by atoms with E-state index in [1.54, 1.807) is 0 Å². The third-order valence-electron chi connectivity index (χ3n) is 5.05. The molecule has 0 atom stereocenters. The standard InChI is InChI=1S/C25H42N2O2/c1-4-5-6-7-8-9-10-11-12-13-14-15-24(28)26-22-16-18-23(19-17-22)27-25(29)20-21(2)3/h16-19,21H,4-15,20H2,1-3H3,(H,26,28)(H,27,29). The van der Waals surface area contributed by atoms with Gasteiger partial charge in [0.25, 0.3) is 0 Å². The normalized spacial score (nSPS) is 10.9. The minimum Gasteiger partial charge on any atom is -0.326 e.